The van der Waals surface area contributed by atoms with Crippen LogP contribution < -0.4 is 27.4 Å². The van der Waals surface area contributed by atoms with E-state index in [0.29, 0.717) is 27.9 Å². The summed E-state index contributed by atoms with van der Waals surface area (Å²) in [7, 11) is 0. The van der Waals surface area contributed by atoms with E-state index in [9.17, 15) is 19.1 Å². The minimum absolute atomic E-state index is 0.0387. The van der Waals surface area contributed by atoms with E-state index in [-0.39, 0.29) is 64.9 Å². The average Bonchev–Trinajstić information content (AvgIpc) is 2.97. The van der Waals surface area contributed by atoms with Gasteiger partial charge in [0.15, 0.2) is 0 Å². The molecule has 9 N–H and O–H groups in total. The zero-order valence-electron chi connectivity index (χ0n) is 24.3. The molecule has 0 unspecified atom stereocenters. The fraction of sp³-hybridized carbons (Fsp3) is 0.182. The summed E-state index contributed by atoms with van der Waals surface area (Å²) in [6.45, 7) is 4.11. The lowest BCUT2D eigenvalue weighted by molar-refractivity contribution is -0.120. The maximum absolute atomic E-state index is 13.6. The van der Waals surface area contributed by atoms with Gasteiger partial charge in [-0.15, -0.1) is 0 Å². The molecule has 4 aromatic rings. The van der Waals surface area contributed by atoms with Crippen LogP contribution in [-0.4, -0.2) is 28.8 Å². The highest BCUT2D eigenvalue weighted by atomic mass is 35.5. The molecule has 4 rings (SSSR count). The lowest BCUT2D eigenvalue weighted by Gasteiger charge is -2.20. The van der Waals surface area contributed by atoms with Gasteiger partial charge in [0.05, 0.1) is 17.1 Å². The largest absolute Gasteiger partial charge is 0.505 e. The molecular formula is C33H34ClFN6O3. The number of rotatable bonds is 11. The molecule has 44 heavy (non-hydrogen) atoms. The van der Waals surface area contributed by atoms with Gasteiger partial charge in [-0.3, -0.25) is 15.0 Å². The van der Waals surface area contributed by atoms with Gasteiger partial charge in [-0.25, -0.2) is 4.39 Å². The Labute approximate surface area is 259 Å². The van der Waals surface area contributed by atoms with E-state index in [4.69, 9.17) is 28.5 Å². The molecule has 0 atom stereocenters. The first-order valence-corrected chi connectivity index (χ1v) is 14.2. The third kappa shape index (κ3) is 8.05. The Kier molecular flexibility index (Phi) is 10.1. The van der Waals surface area contributed by atoms with E-state index in [1.54, 1.807) is 54.6 Å². The van der Waals surface area contributed by atoms with Gasteiger partial charge in [0.2, 0.25) is 5.91 Å². The number of benzene rings is 4. The second-order valence-corrected chi connectivity index (χ2v) is 11.0. The van der Waals surface area contributed by atoms with Crippen LogP contribution in [0.5, 0.6) is 5.75 Å². The summed E-state index contributed by atoms with van der Waals surface area (Å²) in [6.07, 6.45) is -0.226. The third-order valence-corrected chi connectivity index (χ3v) is 7.04. The average molecular weight is 617 g/mol. The first-order chi connectivity index (χ1) is 20.9. The number of nitrogens with one attached hydrogen (secondary N) is 4. The standard InChI is InChI=1S/C33H34ClFN6O3/c1-18(2)41-28-15-27(34)30(26(31(28)43)14-29(42)39-16-19-6-8-21(9-7-19)32(37)38)22-11-23(13-25(36)12-22)33(44)40-17-20-4-3-5-24(35)10-20/h3-13,15,18,41,43H,14,16-17,36H2,1-2H3,(H3,37,38)(H,39,42)(H,40,44). The van der Waals surface area contributed by atoms with Crippen LogP contribution in [0.4, 0.5) is 15.8 Å². The Hall–Kier alpha value is -5.09. The number of phenolic OH excluding ortho intramolecular Hbond substituents is 1. The molecule has 0 aliphatic heterocycles. The molecule has 2 amide bonds. The van der Waals surface area contributed by atoms with Crippen molar-refractivity contribution in [1.29, 1.82) is 5.41 Å². The Morgan fingerprint density at radius 2 is 1.66 bits per heavy atom. The van der Waals surface area contributed by atoms with Crippen LogP contribution in [0.1, 0.15) is 46.5 Å². The zero-order chi connectivity index (χ0) is 32.0. The lowest BCUT2D eigenvalue weighted by atomic mass is 9.93. The molecule has 0 fully saturated rings. The molecule has 0 aliphatic carbocycles. The van der Waals surface area contributed by atoms with Gasteiger partial charge in [0, 0.05) is 47.1 Å². The molecule has 4 aromatic carbocycles. The molecule has 11 heteroatoms. The van der Waals surface area contributed by atoms with Crippen molar-refractivity contribution >= 4 is 40.6 Å². The van der Waals surface area contributed by atoms with Crippen LogP contribution in [0.3, 0.4) is 0 Å². The summed E-state index contributed by atoms with van der Waals surface area (Å²) >= 11 is 6.77. The van der Waals surface area contributed by atoms with E-state index < -0.39 is 11.7 Å². The molecule has 0 radical (unpaired) electrons. The van der Waals surface area contributed by atoms with Crippen molar-refractivity contribution in [1.82, 2.24) is 10.6 Å². The fourth-order valence-electron chi connectivity index (χ4n) is 4.68. The molecule has 228 valence electrons. The first-order valence-electron chi connectivity index (χ1n) is 13.9. The highest BCUT2D eigenvalue weighted by Crippen LogP contribution is 2.43. The Balaban J connectivity index is 1.64. The van der Waals surface area contributed by atoms with Crippen molar-refractivity contribution in [2.75, 3.05) is 11.1 Å². The molecule has 0 aliphatic rings. The minimum atomic E-state index is -0.448. The number of nitrogen functional groups attached to an aromatic ring is 2. The number of anilines is 2. The maximum Gasteiger partial charge on any atom is 0.251 e. The van der Waals surface area contributed by atoms with Gasteiger partial charge in [-0.2, -0.15) is 0 Å². The predicted octanol–water partition coefficient (Wildman–Crippen LogP) is 5.33. The van der Waals surface area contributed by atoms with E-state index in [1.807, 2.05) is 13.8 Å². The minimum Gasteiger partial charge on any atom is -0.505 e. The van der Waals surface area contributed by atoms with Crippen LogP contribution in [-0.2, 0) is 24.3 Å². The monoisotopic (exact) mass is 616 g/mol. The molecule has 9 nitrogen and oxygen atoms in total. The van der Waals surface area contributed by atoms with Crippen molar-refractivity contribution in [3.8, 4) is 16.9 Å². The third-order valence-electron chi connectivity index (χ3n) is 6.74. The smallest absolute Gasteiger partial charge is 0.251 e. The number of carbonyl (C=O) groups is 2. The van der Waals surface area contributed by atoms with Crippen molar-refractivity contribution in [2.45, 2.75) is 39.4 Å². The van der Waals surface area contributed by atoms with Crippen molar-refractivity contribution in [2.24, 2.45) is 5.73 Å². The topological polar surface area (TPSA) is 166 Å². The summed E-state index contributed by atoms with van der Waals surface area (Å²) < 4.78 is 13.6. The van der Waals surface area contributed by atoms with Crippen molar-refractivity contribution < 1.29 is 19.1 Å². The molecule has 0 saturated heterocycles. The molecule has 0 saturated carbocycles. The fourth-order valence-corrected chi connectivity index (χ4v) is 5.01. The van der Waals surface area contributed by atoms with E-state index in [0.717, 1.165) is 5.56 Å². The van der Waals surface area contributed by atoms with Crippen LogP contribution in [0, 0.1) is 11.2 Å². The molecular weight excluding hydrogens is 583 g/mol. The predicted molar refractivity (Wildman–Crippen MR) is 172 cm³/mol. The SMILES string of the molecule is CC(C)Nc1cc(Cl)c(-c2cc(N)cc(C(=O)NCc3cccc(F)c3)c2)c(CC(=O)NCc2ccc(C(=N)N)cc2)c1O. The number of carbonyl (C=O) groups excluding carboxylic acids is 2. The van der Waals surface area contributed by atoms with Gasteiger partial charge in [0.1, 0.15) is 17.4 Å². The summed E-state index contributed by atoms with van der Waals surface area (Å²) in [4.78, 5) is 26.2. The number of halogens is 2. The van der Waals surface area contributed by atoms with Crippen LogP contribution in [0.2, 0.25) is 5.02 Å². The molecule has 0 bridgehead atoms. The highest BCUT2D eigenvalue weighted by molar-refractivity contribution is 6.34. The Bertz CT molecular complexity index is 1710. The number of amidine groups is 1. The van der Waals surface area contributed by atoms with Gasteiger partial charge in [0.25, 0.3) is 5.91 Å². The number of hydrogen-bond donors (Lipinski definition) is 7. The second-order valence-electron chi connectivity index (χ2n) is 10.6. The number of aromatic hydroxyl groups is 1. The second kappa shape index (κ2) is 13.9. The Morgan fingerprint density at radius 3 is 2.32 bits per heavy atom. The quantitative estimate of drug-likeness (QED) is 0.0521. The number of amides is 2. The molecule has 0 spiro atoms. The summed E-state index contributed by atoms with van der Waals surface area (Å²) in [5, 5.41) is 27.8. The maximum atomic E-state index is 13.6. The van der Waals surface area contributed by atoms with Crippen LogP contribution in [0.25, 0.3) is 11.1 Å². The van der Waals surface area contributed by atoms with Crippen LogP contribution >= 0.6 is 11.6 Å². The van der Waals surface area contributed by atoms with E-state index in [1.165, 1.54) is 18.2 Å². The zero-order valence-corrected chi connectivity index (χ0v) is 25.1. The summed E-state index contributed by atoms with van der Waals surface area (Å²) in [5.41, 5.74) is 15.5. The van der Waals surface area contributed by atoms with Gasteiger partial charge in [-0.1, -0.05) is 48.0 Å². The number of phenols is 1. The first kappa shape index (κ1) is 31.8. The summed E-state index contributed by atoms with van der Waals surface area (Å²) in [5.74, 6) is -1.44. The van der Waals surface area contributed by atoms with Gasteiger partial charge in [-0.05, 0) is 66.9 Å². The van der Waals surface area contributed by atoms with E-state index in [2.05, 4.69) is 16.0 Å². The lowest BCUT2D eigenvalue weighted by Crippen LogP contribution is -2.25. The number of hydrogen-bond acceptors (Lipinski definition) is 6. The van der Waals surface area contributed by atoms with Crippen molar-refractivity contribution in [3.05, 3.63) is 111 Å². The number of nitrogens with two attached hydrogens (primary N) is 2. The molecule has 0 heterocycles. The van der Waals surface area contributed by atoms with Crippen LogP contribution in [0.15, 0.2) is 72.8 Å². The normalized spacial score (nSPS) is 10.8. The summed E-state index contributed by atoms with van der Waals surface area (Å²) in [6, 6.07) is 19.0. The molecule has 0 aromatic heterocycles. The van der Waals surface area contributed by atoms with Crippen molar-refractivity contribution in [3.63, 3.8) is 0 Å². The van der Waals surface area contributed by atoms with E-state index >= 15 is 0 Å². The highest BCUT2D eigenvalue weighted by Gasteiger charge is 2.22. The van der Waals surface area contributed by atoms with Gasteiger partial charge >= 0.3 is 0 Å². The van der Waals surface area contributed by atoms with Gasteiger partial charge < -0.3 is 32.5 Å². The Morgan fingerprint density at radius 1 is 0.955 bits per heavy atom.